The van der Waals surface area contributed by atoms with Crippen molar-refractivity contribution in [2.24, 2.45) is 16.6 Å². The van der Waals surface area contributed by atoms with E-state index in [0.29, 0.717) is 5.69 Å². The van der Waals surface area contributed by atoms with Crippen molar-refractivity contribution < 1.29 is 13.8 Å². The first-order valence-corrected chi connectivity index (χ1v) is 11.5. The summed E-state index contributed by atoms with van der Waals surface area (Å²) in [7, 11) is -1.53. The van der Waals surface area contributed by atoms with Crippen LogP contribution in [0.2, 0.25) is 0 Å². The lowest BCUT2D eigenvalue weighted by molar-refractivity contribution is -0.122. The predicted molar refractivity (Wildman–Crippen MR) is 130 cm³/mol. The average molecular weight is 471 g/mol. The van der Waals surface area contributed by atoms with Gasteiger partial charge in [-0.2, -0.15) is 0 Å². The largest absolute Gasteiger partial charge is 0.391 e. The normalized spacial score (nSPS) is 11.5. The molecule has 10 nitrogen and oxygen atoms in total. The van der Waals surface area contributed by atoms with Gasteiger partial charge in [0.1, 0.15) is 29.8 Å². The molecule has 11 heteroatoms. The van der Waals surface area contributed by atoms with Crippen LogP contribution >= 0.6 is 0 Å². The Hall–Kier alpha value is -3.86. The van der Waals surface area contributed by atoms with Gasteiger partial charge in [0, 0.05) is 5.69 Å². The third-order valence-corrected chi connectivity index (χ3v) is 5.76. The summed E-state index contributed by atoms with van der Waals surface area (Å²) in [5, 5.41) is 8.11. The summed E-state index contributed by atoms with van der Waals surface area (Å²) in [4.78, 5) is 29.8. The number of benzene rings is 2. The predicted octanol–water partition coefficient (Wildman–Crippen LogP) is 0.907. The van der Waals surface area contributed by atoms with E-state index < -0.39 is 16.5 Å². The van der Waals surface area contributed by atoms with Crippen LogP contribution in [-0.2, 0) is 32.9 Å². The maximum atomic E-state index is 12.9. The van der Waals surface area contributed by atoms with Crippen molar-refractivity contribution in [2.75, 3.05) is 17.9 Å². The summed E-state index contributed by atoms with van der Waals surface area (Å²) in [5.74, 6) is -0.372. The number of nitrogens with zero attached hydrogens (tertiary/aromatic N) is 2. The van der Waals surface area contributed by atoms with E-state index in [1.165, 1.54) is 4.57 Å². The Kier molecular flexibility index (Phi) is 8.03. The zero-order chi connectivity index (χ0) is 23.8. The van der Waals surface area contributed by atoms with Crippen molar-refractivity contribution in [3.05, 3.63) is 76.2 Å². The Morgan fingerprint density at radius 1 is 1.12 bits per heavy atom. The third kappa shape index (κ3) is 6.81. The Morgan fingerprint density at radius 2 is 1.88 bits per heavy atom. The van der Waals surface area contributed by atoms with Crippen LogP contribution < -0.4 is 27.1 Å². The maximum Gasteiger partial charge on any atom is 0.275 e. The summed E-state index contributed by atoms with van der Waals surface area (Å²) < 4.78 is 16.7. The van der Waals surface area contributed by atoms with Crippen LogP contribution in [0.25, 0.3) is 10.8 Å². The summed E-state index contributed by atoms with van der Waals surface area (Å²) >= 11 is 0. The number of hydrogen-bond donors (Lipinski definition) is 4. The molecule has 0 spiro atoms. The number of rotatable bonds is 10. The van der Waals surface area contributed by atoms with Crippen molar-refractivity contribution >= 4 is 39.3 Å². The molecule has 1 atom stereocenters. The first kappa shape index (κ1) is 23.8. The molecule has 0 aliphatic heterocycles. The van der Waals surface area contributed by atoms with Gasteiger partial charge in [0.15, 0.2) is 0 Å². The van der Waals surface area contributed by atoms with Gasteiger partial charge in [-0.1, -0.05) is 42.5 Å². The van der Waals surface area contributed by atoms with Gasteiger partial charge in [0.25, 0.3) is 5.56 Å². The molecule has 0 aliphatic carbocycles. The Bertz CT molecular complexity index is 1250. The van der Waals surface area contributed by atoms with E-state index in [1.807, 2.05) is 42.5 Å². The number of oxime groups is 1. The first-order valence-electron chi connectivity index (χ1n) is 10.1. The highest BCUT2D eigenvalue weighted by Gasteiger charge is 2.12. The number of pyridine rings is 1. The van der Waals surface area contributed by atoms with Crippen LogP contribution in [0, 0.1) is 6.92 Å². The highest BCUT2D eigenvalue weighted by molar-refractivity contribution is 7.85. The first-order chi connectivity index (χ1) is 15.8. The molecule has 3 aromatic rings. The second-order valence-electron chi connectivity index (χ2n) is 7.25. The number of guanidine groups is 1. The molecule has 0 aliphatic rings. The van der Waals surface area contributed by atoms with Crippen LogP contribution in [0.5, 0.6) is 0 Å². The van der Waals surface area contributed by atoms with E-state index in [1.54, 1.807) is 19.1 Å². The molecule has 1 amide bonds. The minimum atomic E-state index is -1.53. The Labute approximate surface area is 193 Å². The second kappa shape index (κ2) is 11.1. The number of carbonyl (C=O) groups is 1. The molecule has 2 aromatic carbocycles. The molecule has 6 N–H and O–H groups in total. The van der Waals surface area contributed by atoms with Crippen LogP contribution in [0.3, 0.4) is 0 Å². The molecule has 3 rings (SSSR count). The molecule has 1 unspecified atom stereocenters. The standard InChI is InChI=1S/C22H26N6O4S/c1-15-6-9-19(21(30)28(15)13-20(29)25-10-11-32-26-22(23)24)27-33(31)14-16-7-8-17-4-2-3-5-18(17)12-16/h2-9,12,27H,10-11,13-14H2,1H3,(H,25,29)(H4,23,24,26). The third-order valence-electron chi connectivity index (χ3n) is 4.72. The van der Waals surface area contributed by atoms with Gasteiger partial charge >= 0.3 is 0 Å². The Morgan fingerprint density at radius 3 is 2.64 bits per heavy atom. The quantitative estimate of drug-likeness (QED) is 0.149. The average Bonchev–Trinajstić information content (AvgIpc) is 2.78. The summed E-state index contributed by atoms with van der Waals surface area (Å²) in [6.07, 6.45) is 0. The fourth-order valence-corrected chi connectivity index (χ4v) is 4.09. The van der Waals surface area contributed by atoms with Crippen molar-refractivity contribution in [1.29, 1.82) is 0 Å². The summed E-state index contributed by atoms with van der Waals surface area (Å²) in [6, 6.07) is 17.0. The zero-order valence-electron chi connectivity index (χ0n) is 18.1. The van der Waals surface area contributed by atoms with Crippen LogP contribution in [0.1, 0.15) is 11.3 Å². The van der Waals surface area contributed by atoms with Gasteiger partial charge in [0.05, 0.1) is 12.3 Å². The van der Waals surface area contributed by atoms with Gasteiger partial charge in [-0.25, -0.2) is 4.21 Å². The van der Waals surface area contributed by atoms with E-state index in [4.69, 9.17) is 16.3 Å². The maximum absolute atomic E-state index is 12.9. The number of carbonyl (C=O) groups excluding carboxylic acids is 1. The number of aryl methyl sites for hydroxylation is 1. The summed E-state index contributed by atoms with van der Waals surface area (Å²) in [6.45, 7) is 1.76. The summed E-state index contributed by atoms with van der Waals surface area (Å²) in [5.41, 5.74) is 11.5. The number of hydrogen-bond acceptors (Lipinski definition) is 5. The molecular formula is C22H26N6O4S. The number of nitrogens with one attached hydrogen (secondary N) is 2. The van der Waals surface area contributed by atoms with E-state index >= 15 is 0 Å². The molecule has 0 saturated carbocycles. The van der Waals surface area contributed by atoms with Gasteiger partial charge < -0.3 is 26.2 Å². The van der Waals surface area contributed by atoms with E-state index in [0.717, 1.165) is 16.3 Å². The Balaban J connectivity index is 1.62. The fraction of sp³-hybridized carbons (Fsp3) is 0.227. The van der Waals surface area contributed by atoms with E-state index in [-0.39, 0.29) is 43.0 Å². The van der Waals surface area contributed by atoms with Gasteiger partial charge in [-0.05, 0) is 40.5 Å². The lowest BCUT2D eigenvalue weighted by Crippen LogP contribution is -2.35. The number of amides is 1. The molecule has 33 heavy (non-hydrogen) atoms. The molecule has 0 fully saturated rings. The zero-order valence-corrected chi connectivity index (χ0v) is 18.9. The second-order valence-corrected chi connectivity index (χ2v) is 8.44. The smallest absolute Gasteiger partial charge is 0.275 e. The fourth-order valence-electron chi connectivity index (χ4n) is 3.14. The van der Waals surface area contributed by atoms with Crippen molar-refractivity contribution in [3.63, 3.8) is 0 Å². The monoisotopic (exact) mass is 470 g/mol. The molecular weight excluding hydrogens is 444 g/mol. The highest BCUT2D eigenvalue weighted by Crippen LogP contribution is 2.17. The van der Waals surface area contributed by atoms with Gasteiger partial charge in [-0.15, -0.1) is 0 Å². The minimum Gasteiger partial charge on any atom is -0.391 e. The van der Waals surface area contributed by atoms with Crippen molar-refractivity contribution in [1.82, 2.24) is 9.88 Å². The molecule has 1 aromatic heterocycles. The van der Waals surface area contributed by atoms with Crippen LogP contribution in [-0.4, -0.2) is 33.8 Å². The van der Waals surface area contributed by atoms with Crippen LogP contribution in [0.15, 0.2) is 64.5 Å². The van der Waals surface area contributed by atoms with Crippen LogP contribution in [0.4, 0.5) is 5.69 Å². The van der Waals surface area contributed by atoms with Crippen molar-refractivity contribution in [2.45, 2.75) is 19.2 Å². The number of nitrogens with two attached hydrogens (primary N) is 2. The van der Waals surface area contributed by atoms with Gasteiger partial charge in [0.2, 0.25) is 11.9 Å². The number of anilines is 1. The number of fused-ring (bicyclic) bond motifs is 1. The topological polar surface area (TPSA) is 154 Å². The van der Waals surface area contributed by atoms with Crippen molar-refractivity contribution in [3.8, 4) is 0 Å². The minimum absolute atomic E-state index is 0.0763. The SMILES string of the molecule is Cc1ccc(NS(=O)Cc2ccc3ccccc3c2)c(=O)n1CC(=O)NCCON=C(N)N. The number of aromatic nitrogens is 1. The van der Waals surface area contributed by atoms with E-state index in [2.05, 4.69) is 15.2 Å². The lowest BCUT2D eigenvalue weighted by atomic mass is 10.1. The van der Waals surface area contributed by atoms with E-state index in [9.17, 15) is 13.8 Å². The van der Waals surface area contributed by atoms with Gasteiger partial charge in [-0.3, -0.25) is 14.3 Å². The molecule has 174 valence electrons. The molecule has 1 heterocycles. The molecule has 0 bridgehead atoms. The lowest BCUT2D eigenvalue weighted by Gasteiger charge is -2.13. The highest BCUT2D eigenvalue weighted by atomic mass is 32.2. The molecule has 0 radical (unpaired) electrons. The molecule has 0 saturated heterocycles.